The molecule has 0 aromatic carbocycles. The number of carboxylic acid groups (broad SMARTS) is 1. The Balaban J connectivity index is 1.86. The number of ether oxygens (including phenoxy) is 1. The van der Waals surface area contributed by atoms with E-state index in [1.54, 1.807) is 0 Å². The summed E-state index contributed by atoms with van der Waals surface area (Å²) in [5, 5.41) is 12.4. The molecule has 0 spiro atoms. The van der Waals surface area contributed by atoms with Crippen molar-refractivity contribution in [3.05, 3.63) is 11.5 Å². The lowest BCUT2D eigenvalue weighted by atomic mass is 10.2. The highest BCUT2D eigenvalue weighted by Crippen LogP contribution is 2.11. The third-order valence-electron chi connectivity index (χ3n) is 3.07. The first-order valence-corrected chi connectivity index (χ1v) is 7.87. The van der Waals surface area contributed by atoms with E-state index in [2.05, 4.69) is 5.32 Å². The number of carbonyl (C=O) groups is 2. The maximum atomic E-state index is 12.0. The molecule has 112 valence electrons. The SMILES string of the molecule is O=C(O)CC1CN(C(=O)NC2C=CS(=O)(=O)C2)CCO1. The van der Waals surface area contributed by atoms with Crippen LogP contribution in [0, 0.1) is 0 Å². The van der Waals surface area contributed by atoms with Crippen molar-refractivity contribution in [3.63, 3.8) is 0 Å². The molecule has 1 saturated heterocycles. The van der Waals surface area contributed by atoms with Crippen molar-refractivity contribution in [3.8, 4) is 0 Å². The number of aliphatic carboxylic acids is 1. The van der Waals surface area contributed by atoms with Gasteiger partial charge in [-0.05, 0) is 6.08 Å². The minimum Gasteiger partial charge on any atom is -0.481 e. The van der Waals surface area contributed by atoms with Gasteiger partial charge in [-0.25, -0.2) is 13.2 Å². The summed E-state index contributed by atoms with van der Waals surface area (Å²) in [6.45, 7) is 0.802. The van der Waals surface area contributed by atoms with Gasteiger partial charge in [0.05, 0.1) is 30.9 Å². The molecule has 2 N–H and O–H groups in total. The molecule has 2 atom stereocenters. The third kappa shape index (κ3) is 3.94. The van der Waals surface area contributed by atoms with E-state index in [-0.39, 0.29) is 25.3 Å². The molecule has 8 nitrogen and oxygen atoms in total. The van der Waals surface area contributed by atoms with Crippen LogP contribution in [0.2, 0.25) is 0 Å². The minimum absolute atomic E-state index is 0.137. The van der Waals surface area contributed by atoms with Gasteiger partial charge < -0.3 is 20.1 Å². The summed E-state index contributed by atoms with van der Waals surface area (Å²) in [6.07, 6.45) is 0.735. The Labute approximate surface area is 116 Å². The number of urea groups is 1. The molecule has 2 rings (SSSR count). The lowest BCUT2D eigenvalue weighted by Crippen LogP contribution is -2.52. The molecular weight excluding hydrogens is 288 g/mol. The Morgan fingerprint density at radius 3 is 2.80 bits per heavy atom. The smallest absolute Gasteiger partial charge is 0.318 e. The van der Waals surface area contributed by atoms with Crippen LogP contribution in [0.15, 0.2) is 11.5 Å². The standard InChI is InChI=1S/C11H16N2O6S/c14-10(15)5-9-6-13(2-3-19-9)11(16)12-8-1-4-20(17,18)7-8/h1,4,8-9H,2-3,5-7H2,(H,12,16)(H,14,15). The van der Waals surface area contributed by atoms with Crippen molar-refractivity contribution in [2.45, 2.75) is 18.6 Å². The van der Waals surface area contributed by atoms with Crippen molar-refractivity contribution < 1.29 is 27.9 Å². The van der Waals surface area contributed by atoms with Crippen molar-refractivity contribution in [1.82, 2.24) is 10.2 Å². The van der Waals surface area contributed by atoms with E-state index < -0.39 is 34.0 Å². The van der Waals surface area contributed by atoms with Crippen LogP contribution in [-0.2, 0) is 19.4 Å². The normalized spacial score (nSPS) is 28.3. The van der Waals surface area contributed by atoms with E-state index in [4.69, 9.17) is 9.84 Å². The Kier molecular flexibility index (Phi) is 4.29. The first-order chi connectivity index (χ1) is 9.35. The molecular formula is C11H16N2O6S. The molecule has 2 amide bonds. The molecule has 9 heteroatoms. The van der Waals surface area contributed by atoms with Crippen molar-refractivity contribution >= 4 is 21.8 Å². The van der Waals surface area contributed by atoms with E-state index >= 15 is 0 Å². The van der Waals surface area contributed by atoms with Gasteiger partial charge in [-0.2, -0.15) is 0 Å². The highest BCUT2D eigenvalue weighted by Gasteiger charge is 2.29. The third-order valence-corrected chi connectivity index (χ3v) is 4.46. The lowest BCUT2D eigenvalue weighted by molar-refractivity contribution is -0.141. The number of carboxylic acids is 1. The predicted molar refractivity (Wildman–Crippen MR) is 68.8 cm³/mol. The number of nitrogens with one attached hydrogen (secondary N) is 1. The van der Waals surface area contributed by atoms with Crippen LogP contribution in [0.3, 0.4) is 0 Å². The van der Waals surface area contributed by atoms with E-state index in [1.807, 2.05) is 0 Å². The van der Waals surface area contributed by atoms with Gasteiger partial charge in [0.1, 0.15) is 0 Å². The molecule has 0 bridgehead atoms. The summed E-state index contributed by atoms with van der Waals surface area (Å²) in [5.41, 5.74) is 0. The molecule has 20 heavy (non-hydrogen) atoms. The largest absolute Gasteiger partial charge is 0.481 e. The fourth-order valence-corrected chi connectivity index (χ4v) is 3.37. The van der Waals surface area contributed by atoms with E-state index in [1.165, 1.54) is 11.0 Å². The van der Waals surface area contributed by atoms with Gasteiger partial charge in [0.25, 0.3) is 0 Å². The Morgan fingerprint density at radius 2 is 2.20 bits per heavy atom. The molecule has 0 aromatic rings. The number of nitrogens with zero attached hydrogens (tertiary/aromatic N) is 1. The number of rotatable bonds is 3. The van der Waals surface area contributed by atoms with Crippen LogP contribution >= 0.6 is 0 Å². The maximum absolute atomic E-state index is 12.0. The van der Waals surface area contributed by atoms with E-state index in [0.717, 1.165) is 5.41 Å². The maximum Gasteiger partial charge on any atom is 0.318 e. The number of hydrogen-bond acceptors (Lipinski definition) is 5. The fourth-order valence-electron chi connectivity index (χ4n) is 2.14. The first-order valence-electron chi connectivity index (χ1n) is 6.15. The molecule has 1 fully saturated rings. The van der Waals surface area contributed by atoms with Gasteiger partial charge in [-0.1, -0.05) is 0 Å². The number of morpholine rings is 1. The van der Waals surface area contributed by atoms with Gasteiger partial charge in [-0.3, -0.25) is 4.79 Å². The molecule has 0 saturated carbocycles. The van der Waals surface area contributed by atoms with Crippen molar-refractivity contribution in [2.75, 3.05) is 25.4 Å². The summed E-state index contributed by atoms with van der Waals surface area (Å²) in [4.78, 5) is 24.0. The highest BCUT2D eigenvalue weighted by molar-refractivity contribution is 7.94. The zero-order valence-electron chi connectivity index (χ0n) is 10.7. The summed E-state index contributed by atoms with van der Waals surface area (Å²) < 4.78 is 27.7. The van der Waals surface area contributed by atoms with Crippen LogP contribution in [-0.4, -0.2) is 68.0 Å². The molecule has 2 heterocycles. The number of carbonyl (C=O) groups excluding carboxylic acids is 1. The number of amides is 2. The van der Waals surface area contributed by atoms with Crippen LogP contribution in [0.5, 0.6) is 0 Å². The van der Waals surface area contributed by atoms with Crippen LogP contribution in [0.4, 0.5) is 4.79 Å². The van der Waals surface area contributed by atoms with Gasteiger partial charge in [-0.15, -0.1) is 0 Å². The van der Waals surface area contributed by atoms with Gasteiger partial charge >= 0.3 is 12.0 Å². The monoisotopic (exact) mass is 304 g/mol. The summed E-state index contributed by atoms with van der Waals surface area (Å²) in [6, 6.07) is -0.941. The number of hydrogen-bond donors (Lipinski definition) is 2. The van der Waals surface area contributed by atoms with Gasteiger partial charge in [0.2, 0.25) is 0 Å². The van der Waals surface area contributed by atoms with E-state index in [0.29, 0.717) is 6.54 Å². The second kappa shape index (κ2) is 5.80. The topological polar surface area (TPSA) is 113 Å². The molecule has 2 aliphatic heterocycles. The lowest BCUT2D eigenvalue weighted by Gasteiger charge is -2.32. The zero-order chi connectivity index (χ0) is 14.8. The fraction of sp³-hybridized carbons (Fsp3) is 0.636. The van der Waals surface area contributed by atoms with Crippen molar-refractivity contribution in [2.24, 2.45) is 0 Å². The molecule has 2 aliphatic rings. The van der Waals surface area contributed by atoms with Gasteiger partial charge in [0, 0.05) is 18.5 Å². The molecule has 2 unspecified atom stereocenters. The highest BCUT2D eigenvalue weighted by atomic mass is 32.2. The van der Waals surface area contributed by atoms with Crippen LogP contribution < -0.4 is 5.32 Å². The van der Waals surface area contributed by atoms with Gasteiger partial charge in [0.15, 0.2) is 9.84 Å². The average molecular weight is 304 g/mol. The second-order valence-corrected chi connectivity index (χ2v) is 6.68. The summed E-state index contributed by atoms with van der Waals surface area (Å²) in [5.74, 6) is -1.12. The quantitative estimate of drug-likeness (QED) is 0.704. The summed E-state index contributed by atoms with van der Waals surface area (Å²) in [7, 11) is -3.21. The zero-order valence-corrected chi connectivity index (χ0v) is 11.5. The second-order valence-electron chi connectivity index (χ2n) is 4.75. The number of sulfone groups is 1. The molecule has 0 aliphatic carbocycles. The van der Waals surface area contributed by atoms with E-state index in [9.17, 15) is 18.0 Å². The molecule has 0 radical (unpaired) electrons. The Hall–Kier alpha value is -1.61. The Morgan fingerprint density at radius 1 is 1.45 bits per heavy atom. The first kappa shape index (κ1) is 14.8. The predicted octanol–water partition coefficient (Wildman–Crippen LogP) is -0.818. The molecule has 0 aromatic heterocycles. The average Bonchev–Trinajstić information content (AvgIpc) is 2.68. The van der Waals surface area contributed by atoms with Crippen LogP contribution in [0.25, 0.3) is 0 Å². The van der Waals surface area contributed by atoms with Crippen molar-refractivity contribution in [1.29, 1.82) is 0 Å². The summed E-state index contributed by atoms with van der Waals surface area (Å²) >= 11 is 0. The minimum atomic E-state index is -3.21. The van der Waals surface area contributed by atoms with Crippen LogP contribution in [0.1, 0.15) is 6.42 Å². The Bertz CT molecular complexity index is 529.